The largest absolute Gasteiger partial charge is 0.335 e. The first-order chi connectivity index (χ1) is 9.55. The first-order valence-electron chi connectivity index (χ1n) is 8.23. The maximum atomic E-state index is 4.57. The van der Waals surface area contributed by atoms with Gasteiger partial charge in [-0.1, -0.05) is 20.8 Å². The third-order valence-corrected chi connectivity index (χ3v) is 4.99. The molecule has 3 nitrogen and oxygen atoms in total. The van der Waals surface area contributed by atoms with Crippen molar-refractivity contribution in [3.8, 4) is 0 Å². The summed E-state index contributed by atoms with van der Waals surface area (Å²) in [5.41, 5.74) is 0.551. The van der Waals surface area contributed by atoms with Crippen molar-refractivity contribution in [1.29, 1.82) is 0 Å². The summed E-state index contributed by atoms with van der Waals surface area (Å²) in [4.78, 5) is 4.57. The second-order valence-electron chi connectivity index (χ2n) is 7.14. The van der Waals surface area contributed by atoms with E-state index in [1.54, 1.807) is 0 Å². The normalized spacial score (nSPS) is 21.0. The highest BCUT2D eigenvalue weighted by molar-refractivity contribution is 4.98. The summed E-state index contributed by atoms with van der Waals surface area (Å²) in [5, 5.41) is 3.55. The molecule has 0 bridgehead atoms. The van der Waals surface area contributed by atoms with Crippen LogP contribution in [0.1, 0.15) is 58.7 Å². The van der Waals surface area contributed by atoms with E-state index in [-0.39, 0.29) is 0 Å². The van der Waals surface area contributed by atoms with Gasteiger partial charge in [0.1, 0.15) is 5.82 Å². The molecule has 1 aromatic heterocycles. The molecule has 1 heterocycles. The predicted octanol–water partition coefficient (Wildman–Crippen LogP) is 3.64. The van der Waals surface area contributed by atoms with E-state index in [4.69, 9.17) is 0 Å². The first-order valence-corrected chi connectivity index (χ1v) is 8.23. The number of rotatable bonds is 6. The molecular formula is C17H31N3. The maximum Gasteiger partial charge on any atom is 0.110 e. The van der Waals surface area contributed by atoms with Crippen molar-refractivity contribution < 1.29 is 0 Å². The second-order valence-corrected chi connectivity index (χ2v) is 7.14. The molecule has 1 saturated carbocycles. The van der Waals surface area contributed by atoms with Crippen LogP contribution in [0.3, 0.4) is 0 Å². The fraction of sp³-hybridized carbons (Fsp3) is 0.824. The van der Waals surface area contributed by atoms with Gasteiger partial charge in [-0.15, -0.1) is 0 Å². The quantitative estimate of drug-likeness (QED) is 0.860. The Morgan fingerprint density at radius 1 is 1.40 bits per heavy atom. The molecule has 0 spiro atoms. The van der Waals surface area contributed by atoms with Crippen LogP contribution in [0, 0.1) is 11.3 Å². The van der Waals surface area contributed by atoms with Gasteiger partial charge in [-0.25, -0.2) is 4.98 Å². The van der Waals surface area contributed by atoms with Crippen LogP contribution in [0.25, 0.3) is 0 Å². The maximum absolute atomic E-state index is 4.57. The molecule has 1 aliphatic carbocycles. The Morgan fingerprint density at radius 2 is 2.10 bits per heavy atom. The van der Waals surface area contributed by atoms with E-state index in [1.165, 1.54) is 37.9 Å². The highest BCUT2D eigenvalue weighted by Crippen LogP contribution is 2.39. The smallest absolute Gasteiger partial charge is 0.110 e. The number of imidazole rings is 1. The number of hydrogen-bond donors (Lipinski definition) is 1. The Bertz CT molecular complexity index is 398. The van der Waals surface area contributed by atoms with Crippen LogP contribution in [0.15, 0.2) is 12.4 Å². The van der Waals surface area contributed by atoms with E-state index < -0.39 is 0 Å². The lowest BCUT2D eigenvalue weighted by atomic mass is 9.70. The molecule has 114 valence electrons. The van der Waals surface area contributed by atoms with Gasteiger partial charge < -0.3 is 9.88 Å². The Labute approximate surface area is 124 Å². The molecule has 3 heteroatoms. The molecular weight excluding hydrogens is 246 g/mol. The summed E-state index contributed by atoms with van der Waals surface area (Å²) >= 11 is 0. The van der Waals surface area contributed by atoms with Crippen molar-refractivity contribution in [2.45, 2.75) is 71.9 Å². The number of likely N-dealkylation sites (N-methyl/N-ethyl adjacent to an activating group) is 1. The van der Waals surface area contributed by atoms with E-state index in [9.17, 15) is 0 Å². The van der Waals surface area contributed by atoms with Crippen LogP contribution in [0.4, 0.5) is 0 Å². The fourth-order valence-electron chi connectivity index (χ4n) is 3.50. The second kappa shape index (κ2) is 6.75. The van der Waals surface area contributed by atoms with Gasteiger partial charge in [-0.2, -0.15) is 0 Å². The van der Waals surface area contributed by atoms with E-state index in [2.05, 4.69) is 48.9 Å². The summed E-state index contributed by atoms with van der Waals surface area (Å²) in [6.45, 7) is 8.13. The minimum absolute atomic E-state index is 0.551. The lowest BCUT2D eigenvalue weighted by molar-refractivity contribution is 0.162. The molecule has 1 atom stereocenters. The molecule has 0 saturated heterocycles. The summed E-state index contributed by atoms with van der Waals surface area (Å²) in [5.74, 6) is 2.05. The lowest BCUT2D eigenvalue weighted by Gasteiger charge is -2.38. The molecule has 1 N–H and O–H groups in total. The molecule has 0 radical (unpaired) electrons. The summed E-state index contributed by atoms with van der Waals surface area (Å²) < 4.78 is 2.32. The number of nitrogens with one attached hydrogen (secondary N) is 1. The fourth-order valence-corrected chi connectivity index (χ4v) is 3.50. The molecule has 1 aliphatic rings. The van der Waals surface area contributed by atoms with Gasteiger partial charge in [0.2, 0.25) is 0 Å². The van der Waals surface area contributed by atoms with Crippen molar-refractivity contribution in [2.75, 3.05) is 7.05 Å². The Kier molecular flexibility index (Phi) is 5.25. The van der Waals surface area contributed by atoms with E-state index in [0.29, 0.717) is 11.5 Å². The van der Waals surface area contributed by atoms with E-state index in [1.807, 2.05) is 6.20 Å². The number of aromatic nitrogens is 2. The Morgan fingerprint density at radius 3 is 2.70 bits per heavy atom. The van der Waals surface area contributed by atoms with Gasteiger partial charge in [0.15, 0.2) is 0 Å². The monoisotopic (exact) mass is 277 g/mol. The van der Waals surface area contributed by atoms with Gasteiger partial charge in [-0.3, -0.25) is 0 Å². The van der Waals surface area contributed by atoms with Crippen molar-refractivity contribution in [3.63, 3.8) is 0 Å². The van der Waals surface area contributed by atoms with Crippen molar-refractivity contribution in [2.24, 2.45) is 11.3 Å². The highest BCUT2D eigenvalue weighted by Gasteiger charge is 2.31. The molecule has 20 heavy (non-hydrogen) atoms. The number of hydrogen-bond acceptors (Lipinski definition) is 2. The van der Waals surface area contributed by atoms with Gasteiger partial charge in [0.25, 0.3) is 0 Å². The van der Waals surface area contributed by atoms with Crippen LogP contribution < -0.4 is 5.32 Å². The number of nitrogens with zero attached hydrogens (tertiary/aromatic N) is 2. The molecule has 1 fully saturated rings. The van der Waals surface area contributed by atoms with Gasteiger partial charge in [0, 0.05) is 31.4 Å². The zero-order valence-electron chi connectivity index (χ0n) is 13.7. The molecule has 2 rings (SSSR count). The standard InChI is InChI=1S/C17H31N3/c1-5-11-20-12-10-19-16(20)13-15(18-4)14-6-8-17(2,3)9-7-14/h10,12,14-15,18H,5-9,11,13H2,1-4H3. The average Bonchev–Trinajstić information content (AvgIpc) is 2.84. The highest BCUT2D eigenvalue weighted by atomic mass is 15.1. The third kappa shape index (κ3) is 3.85. The molecule has 1 aromatic rings. The third-order valence-electron chi connectivity index (χ3n) is 4.99. The molecule has 0 aliphatic heterocycles. The zero-order valence-corrected chi connectivity index (χ0v) is 13.7. The minimum Gasteiger partial charge on any atom is -0.335 e. The lowest BCUT2D eigenvalue weighted by Crippen LogP contribution is -2.39. The van der Waals surface area contributed by atoms with Crippen LogP contribution in [-0.2, 0) is 13.0 Å². The summed E-state index contributed by atoms with van der Waals surface area (Å²) in [6.07, 6.45) is 11.7. The van der Waals surface area contributed by atoms with Crippen molar-refractivity contribution >= 4 is 0 Å². The average molecular weight is 277 g/mol. The van der Waals surface area contributed by atoms with E-state index in [0.717, 1.165) is 18.9 Å². The van der Waals surface area contributed by atoms with Gasteiger partial charge >= 0.3 is 0 Å². The topological polar surface area (TPSA) is 29.9 Å². The van der Waals surface area contributed by atoms with Crippen molar-refractivity contribution in [1.82, 2.24) is 14.9 Å². The van der Waals surface area contributed by atoms with Gasteiger partial charge in [0.05, 0.1) is 0 Å². The first kappa shape index (κ1) is 15.6. The molecule has 1 unspecified atom stereocenters. The Balaban J connectivity index is 1.97. The molecule has 0 aromatic carbocycles. The van der Waals surface area contributed by atoms with Crippen LogP contribution in [-0.4, -0.2) is 22.6 Å². The summed E-state index contributed by atoms with van der Waals surface area (Å²) in [7, 11) is 2.11. The van der Waals surface area contributed by atoms with Crippen LogP contribution >= 0.6 is 0 Å². The zero-order chi connectivity index (χ0) is 14.6. The van der Waals surface area contributed by atoms with Crippen LogP contribution in [0.5, 0.6) is 0 Å². The molecule has 0 amide bonds. The van der Waals surface area contributed by atoms with Crippen LogP contribution in [0.2, 0.25) is 0 Å². The number of aryl methyl sites for hydroxylation is 1. The van der Waals surface area contributed by atoms with Gasteiger partial charge in [-0.05, 0) is 50.5 Å². The van der Waals surface area contributed by atoms with Crippen molar-refractivity contribution in [3.05, 3.63) is 18.2 Å². The van der Waals surface area contributed by atoms with E-state index >= 15 is 0 Å². The Hall–Kier alpha value is -0.830. The predicted molar refractivity (Wildman–Crippen MR) is 84.8 cm³/mol. The minimum atomic E-state index is 0.551. The SMILES string of the molecule is CCCn1ccnc1CC(NC)C1CCC(C)(C)CC1. The summed E-state index contributed by atoms with van der Waals surface area (Å²) in [6, 6.07) is 0.573.